The lowest BCUT2D eigenvalue weighted by atomic mass is 10.00. The largest absolute Gasteiger partial charge is 0.480 e. The summed E-state index contributed by atoms with van der Waals surface area (Å²) in [5, 5.41) is 21.8. The normalized spacial score (nSPS) is 22.1. The van der Waals surface area contributed by atoms with Crippen LogP contribution in [0.5, 0.6) is 0 Å². The fraction of sp³-hybridized carbons (Fsp3) is 0.909. The van der Waals surface area contributed by atoms with Crippen LogP contribution in [0.4, 0.5) is 0 Å². The van der Waals surface area contributed by atoms with Crippen molar-refractivity contribution in [3.63, 3.8) is 0 Å². The highest BCUT2D eigenvalue weighted by molar-refractivity contribution is 5.74. The van der Waals surface area contributed by atoms with Crippen LogP contribution in [-0.4, -0.2) is 34.4 Å². The third-order valence-corrected chi connectivity index (χ3v) is 2.85. The second-order valence-corrected chi connectivity index (χ2v) is 4.78. The van der Waals surface area contributed by atoms with Crippen molar-refractivity contribution in [1.29, 1.82) is 0 Å². The summed E-state index contributed by atoms with van der Waals surface area (Å²) in [4.78, 5) is 10.9. The molecule has 1 saturated carbocycles. The van der Waals surface area contributed by atoms with Crippen LogP contribution in [-0.2, 0) is 4.79 Å². The van der Waals surface area contributed by atoms with E-state index in [9.17, 15) is 9.90 Å². The van der Waals surface area contributed by atoms with E-state index in [0.29, 0.717) is 13.0 Å². The molecule has 0 amide bonds. The predicted octanol–water partition coefficient (Wildman–Crippen LogP) is 0.990. The fourth-order valence-corrected chi connectivity index (χ4v) is 1.84. The van der Waals surface area contributed by atoms with Crippen molar-refractivity contribution in [2.24, 2.45) is 5.92 Å². The lowest BCUT2D eigenvalue weighted by molar-refractivity contribution is -0.140. The first-order valence-corrected chi connectivity index (χ1v) is 5.65. The van der Waals surface area contributed by atoms with Crippen LogP contribution in [0.25, 0.3) is 0 Å². The third-order valence-electron chi connectivity index (χ3n) is 2.85. The molecule has 0 heterocycles. The zero-order valence-corrected chi connectivity index (χ0v) is 9.49. The monoisotopic (exact) mass is 215 g/mol. The summed E-state index contributed by atoms with van der Waals surface area (Å²) < 4.78 is 0. The Morgan fingerprint density at radius 3 is 2.60 bits per heavy atom. The Labute approximate surface area is 90.7 Å². The second-order valence-electron chi connectivity index (χ2n) is 4.78. The first-order valence-electron chi connectivity index (χ1n) is 5.65. The molecule has 1 fully saturated rings. The number of carboxylic acid groups (broad SMARTS) is 1. The van der Waals surface area contributed by atoms with E-state index in [0.717, 1.165) is 19.3 Å². The van der Waals surface area contributed by atoms with Crippen molar-refractivity contribution in [3.05, 3.63) is 0 Å². The van der Waals surface area contributed by atoms with Gasteiger partial charge in [0.2, 0.25) is 0 Å². The molecule has 2 unspecified atom stereocenters. The molecule has 0 bridgehead atoms. The van der Waals surface area contributed by atoms with Gasteiger partial charge in [0.15, 0.2) is 0 Å². The molecule has 15 heavy (non-hydrogen) atoms. The Morgan fingerprint density at radius 1 is 1.60 bits per heavy atom. The number of hydrogen-bond donors (Lipinski definition) is 3. The molecule has 4 nitrogen and oxygen atoms in total. The molecule has 0 radical (unpaired) electrons. The van der Waals surface area contributed by atoms with Gasteiger partial charge < -0.3 is 15.5 Å². The molecule has 1 aliphatic rings. The standard InChI is InChI=1S/C11H21NO3/c1-3-6-11(2,15)7-12-9(10(13)14)8-4-5-8/h8-9,12,15H,3-7H2,1-2H3,(H,13,14). The molecule has 0 aromatic rings. The SMILES string of the molecule is CCCC(C)(O)CNC(C(=O)O)C1CC1. The summed E-state index contributed by atoms with van der Waals surface area (Å²) in [7, 11) is 0. The van der Waals surface area contributed by atoms with Crippen molar-refractivity contribution in [2.75, 3.05) is 6.54 Å². The maximum atomic E-state index is 10.9. The van der Waals surface area contributed by atoms with Gasteiger partial charge in [0, 0.05) is 6.54 Å². The van der Waals surface area contributed by atoms with E-state index in [1.807, 2.05) is 6.92 Å². The Morgan fingerprint density at radius 2 is 2.20 bits per heavy atom. The van der Waals surface area contributed by atoms with E-state index in [1.54, 1.807) is 6.92 Å². The summed E-state index contributed by atoms with van der Waals surface area (Å²) in [6.45, 7) is 4.10. The molecule has 2 atom stereocenters. The molecule has 4 heteroatoms. The maximum absolute atomic E-state index is 10.9. The van der Waals surface area contributed by atoms with Crippen LogP contribution in [0.1, 0.15) is 39.5 Å². The van der Waals surface area contributed by atoms with E-state index in [-0.39, 0.29) is 5.92 Å². The Balaban J connectivity index is 2.35. The van der Waals surface area contributed by atoms with Gasteiger partial charge in [0.25, 0.3) is 0 Å². The average molecular weight is 215 g/mol. The van der Waals surface area contributed by atoms with Crippen molar-refractivity contribution < 1.29 is 15.0 Å². The summed E-state index contributed by atoms with van der Waals surface area (Å²) in [6.07, 6.45) is 3.56. The summed E-state index contributed by atoms with van der Waals surface area (Å²) in [6, 6.07) is -0.478. The number of hydrogen-bond acceptors (Lipinski definition) is 3. The highest BCUT2D eigenvalue weighted by Gasteiger charge is 2.36. The summed E-state index contributed by atoms with van der Waals surface area (Å²) >= 11 is 0. The Kier molecular flexibility index (Phi) is 4.11. The lowest BCUT2D eigenvalue weighted by Gasteiger charge is -2.25. The number of rotatable bonds is 7. The number of nitrogens with one attached hydrogen (secondary N) is 1. The van der Waals surface area contributed by atoms with Gasteiger partial charge in [0.1, 0.15) is 6.04 Å². The fourth-order valence-electron chi connectivity index (χ4n) is 1.84. The van der Waals surface area contributed by atoms with Crippen LogP contribution in [0, 0.1) is 5.92 Å². The average Bonchev–Trinajstić information content (AvgIpc) is 2.87. The van der Waals surface area contributed by atoms with E-state index in [2.05, 4.69) is 5.32 Å². The van der Waals surface area contributed by atoms with E-state index in [1.165, 1.54) is 0 Å². The van der Waals surface area contributed by atoms with Gasteiger partial charge in [-0.25, -0.2) is 0 Å². The van der Waals surface area contributed by atoms with E-state index in [4.69, 9.17) is 5.11 Å². The maximum Gasteiger partial charge on any atom is 0.320 e. The van der Waals surface area contributed by atoms with Crippen LogP contribution in [0.15, 0.2) is 0 Å². The van der Waals surface area contributed by atoms with Crippen LogP contribution in [0.2, 0.25) is 0 Å². The topological polar surface area (TPSA) is 69.6 Å². The zero-order valence-electron chi connectivity index (χ0n) is 9.49. The molecule has 0 aromatic heterocycles. The first-order chi connectivity index (χ1) is 6.96. The van der Waals surface area contributed by atoms with Gasteiger partial charge >= 0.3 is 5.97 Å². The van der Waals surface area contributed by atoms with Crippen molar-refractivity contribution >= 4 is 5.97 Å². The lowest BCUT2D eigenvalue weighted by Crippen LogP contribution is -2.46. The number of carboxylic acids is 1. The smallest absolute Gasteiger partial charge is 0.320 e. The quantitative estimate of drug-likeness (QED) is 0.592. The Hall–Kier alpha value is -0.610. The molecule has 0 aromatic carbocycles. The molecule has 0 aliphatic heterocycles. The van der Waals surface area contributed by atoms with Gasteiger partial charge in [-0.2, -0.15) is 0 Å². The summed E-state index contributed by atoms with van der Waals surface area (Å²) in [5.41, 5.74) is -0.794. The van der Waals surface area contributed by atoms with Crippen LogP contribution in [0.3, 0.4) is 0 Å². The number of aliphatic carboxylic acids is 1. The molecule has 88 valence electrons. The highest BCUT2D eigenvalue weighted by atomic mass is 16.4. The van der Waals surface area contributed by atoms with Gasteiger partial charge in [-0.1, -0.05) is 13.3 Å². The first kappa shape index (κ1) is 12.5. The zero-order chi connectivity index (χ0) is 11.5. The van der Waals surface area contributed by atoms with E-state index < -0.39 is 17.6 Å². The molecular weight excluding hydrogens is 194 g/mol. The number of aliphatic hydroxyl groups is 1. The van der Waals surface area contributed by atoms with Gasteiger partial charge in [-0.3, -0.25) is 4.79 Å². The van der Waals surface area contributed by atoms with Gasteiger partial charge in [-0.15, -0.1) is 0 Å². The molecule has 1 aliphatic carbocycles. The van der Waals surface area contributed by atoms with Crippen molar-refractivity contribution in [2.45, 2.75) is 51.2 Å². The van der Waals surface area contributed by atoms with E-state index >= 15 is 0 Å². The molecule has 0 saturated heterocycles. The molecule has 0 spiro atoms. The summed E-state index contributed by atoms with van der Waals surface area (Å²) in [5.74, 6) is -0.537. The van der Waals surface area contributed by atoms with Crippen molar-refractivity contribution in [1.82, 2.24) is 5.32 Å². The van der Waals surface area contributed by atoms with Gasteiger partial charge in [-0.05, 0) is 32.1 Å². The van der Waals surface area contributed by atoms with Gasteiger partial charge in [0.05, 0.1) is 5.60 Å². The van der Waals surface area contributed by atoms with Crippen molar-refractivity contribution in [3.8, 4) is 0 Å². The van der Waals surface area contributed by atoms with Crippen LogP contribution >= 0.6 is 0 Å². The molecular formula is C11H21NO3. The molecule has 3 N–H and O–H groups in total. The number of carbonyl (C=O) groups is 1. The third kappa shape index (κ3) is 4.18. The second kappa shape index (κ2) is 4.94. The van der Waals surface area contributed by atoms with Crippen LogP contribution < -0.4 is 5.32 Å². The minimum atomic E-state index is -0.801. The highest BCUT2D eigenvalue weighted by Crippen LogP contribution is 2.32. The molecule has 1 rings (SSSR count). The Bertz CT molecular complexity index is 224. The predicted molar refractivity (Wildman–Crippen MR) is 57.7 cm³/mol. The minimum Gasteiger partial charge on any atom is -0.480 e. The minimum absolute atomic E-state index is 0.264.